The van der Waals surface area contributed by atoms with E-state index in [2.05, 4.69) is 0 Å². The van der Waals surface area contributed by atoms with Crippen molar-refractivity contribution < 1.29 is 0 Å². The molecule has 0 aromatic heterocycles. The maximum atomic E-state index is 5.89. The fourth-order valence-electron chi connectivity index (χ4n) is 1.13. The Morgan fingerprint density at radius 3 is 1.69 bits per heavy atom. The summed E-state index contributed by atoms with van der Waals surface area (Å²) < 4.78 is 0. The first-order valence-electron chi connectivity index (χ1n) is 4.02. The minimum Gasteiger partial charge on any atom is -0.126 e. The van der Waals surface area contributed by atoms with E-state index in [1.54, 1.807) is 0 Å². The quantitative estimate of drug-likeness (QED) is 0.702. The van der Waals surface area contributed by atoms with Crippen molar-refractivity contribution in [2.24, 2.45) is 0 Å². The van der Waals surface area contributed by atoms with Crippen LogP contribution in [0.4, 0.5) is 0 Å². The molecule has 1 rings (SSSR count). The lowest BCUT2D eigenvalue weighted by atomic mass is 9.86. The summed E-state index contributed by atoms with van der Waals surface area (Å²) in [6.07, 6.45) is 0. The molecule has 0 radical (unpaired) electrons. The molecule has 0 heterocycles. The van der Waals surface area contributed by atoms with E-state index >= 15 is 0 Å². The normalized spacial score (nSPS) is 11.6. The van der Waals surface area contributed by atoms with Gasteiger partial charge in [-0.15, -0.1) is 34.8 Å². The van der Waals surface area contributed by atoms with Gasteiger partial charge in [0.05, 0.1) is 0 Å². The summed E-state index contributed by atoms with van der Waals surface area (Å²) >= 11 is 17.7. The Kier molecular flexibility index (Phi) is 4.37. The van der Waals surface area contributed by atoms with Crippen molar-refractivity contribution >= 4 is 34.8 Å². The zero-order chi connectivity index (χ0) is 9.73. The lowest BCUT2D eigenvalue weighted by Crippen LogP contribution is -2.32. The van der Waals surface area contributed by atoms with Crippen molar-refractivity contribution in [3.8, 4) is 0 Å². The topological polar surface area (TPSA) is 0 Å². The van der Waals surface area contributed by atoms with Crippen LogP contribution in [0.5, 0.6) is 0 Å². The largest absolute Gasteiger partial charge is 0.126 e. The molecule has 0 nitrogen and oxygen atoms in total. The third kappa shape index (κ3) is 2.31. The molecule has 0 unspecified atom stereocenters. The average Bonchev–Trinajstić information content (AvgIpc) is 2.23. The van der Waals surface area contributed by atoms with Gasteiger partial charge in [0, 0.05) is 23.1 Å². The Morgan fingerprint density at radius 1 is 0.846 bits per heavy atom. The van der Waals surface area contributed by atoms with Gasteiger partial charge in [-0.2, -0.15) is 0 Å². The maximum Gasteiger partial charge on any atom is 0.0359 e. The van der Waals surface area contributed by atoms with Crippen molar-refractivity contribution in [2.75, 3.05) is 17.6 Å². The second-order valence-corrected chi connectivity index (χ2v) is 3.85. The van der Waals surface area contributed by atoms with Crippen LogP contribution in [0.25, 0.3) is 0 Å². The molecule has 0 aliphatic carbocycles. The van der Waals surface area contributed by atoms with Gasteiger partial charge in [-0.05, 0) is 5.56 Å². The van der Waals surface area contributed by atoms with Crippen molar-refractivity contribution in [3.05, 3.63) is 35.9 Å². The molecular formula is C10H11Cl3. The molecule has 0 amide bonds. The van der Waals surface area contributed by atoms with Crippen LogP contribution in [0.1, 0.15) is 5.56 Å². The number of benzene rings is 1. The molecule has 0 spiro atoms. The fraction of sp³-hybridized carbons (Fsp3) is 0.400. The molecule has 0 aliphatic heterocycles. The van der Waals surface area contributed by atoms with Crippen LogP contribution in [0, 0.1) is 0 Å². The summed E-state index contributed by atoms with van der Waals surface area (Å²) in [7, 11) is 0. The molecule has 0 N–H and O–H groups in total. The van der Waals surface area contributed by atoms with E-state index in [1.807, 2.05) is 30.3 Å². The van der Waals surface area contributed by atoms with Crippen molar-refractivity contribution in [1.29, 1.82) is 0 Å². The van der Waals surface area contributed by atoms with Crippen LogP contribution in [0.2, 0.25) is 0 Å². The lowest BCUT2D eigenvalue weighted by Gasteiger charge is -2.27. The molecule has 3 heteroatoms. The molecule has 0 saturated carbocycles. The Hall–Kier alpha value is 0.0900. The summed E-state index contributed by atoms with van der Waals surface area (Å²) in [5, 5.41) is 0. The van der Waals surface area contributed by atoms with Crippen LogP contribution in [-0.4, -0.2) is 17.6 Å². The third-order valence-electron chi connectivity index (χ3n) is 2.15. The fourth-order valence-corrected chi connectivity index (χ4v) is 2.45. The highest BCUT2D eigenvalue weighted by Gasteiger charge is 2.29. The monoisotopic (exact) mass is 236 g/mol. The van der Waals surface area contributed by atoms with E-state index in [4.69, 9.17) is 34.8 Å². The van der Waals surface area contributed by atoms with E-state index in [-0.39, 0.29) is 5.41 Å². The van der Waals surface area contributed by atoms with Crippen molar-refractivity contribution in [2.45, 2.75) is 5.41 Å². The smallest absolute Gasteiger partial charge is 0.0359 e. The molecular weight excluding hydrogens is 226 g/mol. The first-order valence-corrected chi connectivity index (χ1v) is 5.63. The van der Waals surface area contributed by atoms with Gasteiger partial charge in [0.15, 0.2) is 0 Å². The summed E-state index contributed by atoms with van der Waals surface area (Å²) in [5.74, 6) is 1.35. The molecule has 0 bridgehead atoms. The second-order valence-electron chi connectivity index (χ2n) is 3.05. The van der Waals surface area contributed by atoms with Crippen molar-refractivity contribution in [3.63, 3.8) is 0 Å². The summed E-state index contributed by atoms with van der Waals surface area (Å²) in [6, 6.07) is 9.91. The molecule has 0 atom stereocenters. The van der Waals surface area contributed by atoms with Crippen LogP contribution < -0.4 is 0 Å². The Balaban J connectivity index is 3.01. The summed E-state index contributed by atoms with van der Waals surface area (Å²) in [5.41, 5.74) is 0.821. The highest BCUT2D eigenvalue weighted by molar-refractivity contribution is 6.25. The summed E-state index contributed by atoms with van der Waals surface area (Å²) in [6.45, 7) is 0. The minimum absolute atomic E-state index is 0.286. The first-order chi connectivity index (χ1) is 6.29. The van der Waals surface area contributed by atoms with E-state index in [0.29, 0.717) is 17.6 Å². The standard InChI is InChI=1S/C10H11Cl3/c11-6-10(7-12,8-13)9-4-2-1-3-5-9/h1-5H,6-8H2. The second kappa shape index (κ2) is 5.09. The predicted molar refractivity (Wildman–Crippen MR) is 60.3 cm³/mol. The number of hydrogen-bond donors (Lipinski definition) is 0. The van der Waals surface area contributed by atoms with Crippen LogP contribution in [-0.2, 0) is 5.41 Å². The number of rotatable bonds is 4. The number of hydrogen-bond acceptors (Lipinski definition) is 0. The van der Waals surface area contributed by atoms with E-state index in [1.165, 1.54) is 0 Å². The maximum absolute atomic E-state index is 5.89. The average molecular weight is 238 g/mol. The zero-order valence-corrected chi connectivity index (χ0v) is 9.41. The SMILES string of the molecule is ClCC(CCl)(CCl)c1ccccc1. The molecule has 0 fully saturated rings. The van der Waals surface area contributed by atoms with Gasteiger partial charge < -0.3 is 0 Å². The van der Waals surface area contributed by atoms with Gasteiger partial charge >= 0.3 is 0 Å². The molecule has 13 heavy (non-hydrogen) atoms. The Labute approximate surface area is 93.8 Å². The third-order valence-corrected chi connectivity index (χ3v) is 3.69. The van der Waals surface area contributed by atoms with Gasteiger partial charge in [-0.1, -0.05) is 30.3 Å². The highest BCUT2D eigenvalue weighted by atomic mass is 35.5. The first kappa shape index (κ1) is 11.2. The van der Waals surface area contributed by atoms with Gasteiger partial charge in [0.2, 0.25) is 0 Å². The lowest BCUT2D eigenvalue weighted by molar-refractivity contribution is 0.613. The molecule has 1 aromatic carbocycles. The molecule has 0 aliphatic rings. The van der Waals surface area contributed by atoms with E-state index in [0.717, 1.165) is 5.56 Å². The number of alkyl halides is 3. The number of halogens is 3. The van der Waals surface area contributed by atoms with Gasteiger partial charge in [0.25, 0.3) is 0 Å². The zero-order valence-electron chi connectivity index (χ0n) is 7.14. The Morgan fingerprint density at radius 2 is 1.31 bits per heavy atom. The van der Waals surface area contributed by atoms with Crippen LogP contribution in [0.3, 0.4) is 0 Å². The predicted octanol–water partition coefficient (Wildman–Crippen LogP) is 3.64. The Bertz CT molecular complexity index is 233. The molecule has 1 aromatic rings. The van der Waals surface area contributed by atoms with Gasteiger partial charge in [-0.3, -0.25) is 0 Å². The summed E-state index contributed by atoms with van der Waals surface area (Å²) in [4.78, 5) is 0. The minimum atomic E-state index is -0.286. The van der Waals surface area contributed by atoms with E-state index < -0.39 is 0 Å². The highest BCUT2D eigenvalue weighted by Crippen LogP contribution is 2.28. The molecule has 72 valence electrons. The van der Waals surface area contributed by atoms with Crippen LogP contribution in [0.15, 0.2) is 30.3 Å². The molecule has 0 saturated heterocycles. The van der Waals surface area contributed by atoms with Gasteiger partial charge in [-0.25, -0.2) is 0 Å². The van der Waals surface area contributed by atoms with E-state index in [9.17, 15) is 0 Å². The van der Waals surface area contributed by atoms with Gasteiger partial charge in [0.1, 0.15) is 0 Å². The van der Waals surface area contributed by atoms with Crippen LogP contribution >= 0.6 is 34.8 Å². The van der Waals surface area contributed by atoms with Crippen molar-refractivity contribution in [1.82, 2.24) is 0 Å².